The van der Waals surface area contributed by atoms with E-state index in [1.165, 1.54) is 12.1 Å². The van der Waals surface area contributed by atoms with Crippen LogP contribution >= 0.6 is 23.2 Å². The van der Waals surface area contributed by atoms with Crippen molar-refractivity contribution in [1.82, 2.24) is 9.62 Å². The van der Waals surface area contributed by atoms with Gasteiger partial charge in [0.25, 0.3) is 0 Å². The minimum atomic E-state index is -3.86. The van der Waals surface area contributed by atoms with Gasteiger partial charge in [-0.2, -0.15) is 4.31 Å². The van der Waals surface area contributed by atoms with Crippen molar-refractivity contribution in [2.24, 2.45) is 0 Å². The summed E-state index contributed by atoms with van der Waals surface area (Å²) in [7, 11) is -3.86. The van der Waals surface area contributed by atoms with Crippen molar-refractivity contribution >= 4 is 39.1 Å². The molecule has 1 amide bonds. The second-order valence-electron chi connectivity index (χ2n) is 6.21. The highest BCUT2D eigenvalue weighted by Crippen LogP contribution is 2.25. The summed E-state index contributed by atoms with van der Waals surface area (Å²) < 4.78 is 27.3. The molecule has 0 aliphatic rings. The topological polar surface area (TPSA) is 66.5 Å². The lowest BCUT2D eigenvalue weighted by Crippen LogP contribution is -2.43. The number of nitrogens with one attached hydrogen (secondary N) is 1. The fourth-order valence-electron chi connectivity index (χ4n) is 2.39. The van der Waals surface area contributed by atoms with Gasteiger partial charge in [0.15, 0.2) is 0 Å². The minimum Gasteiger partial charge on any atom is -0.353 e. The predicted molar refractivity (Wildman–Crippen MR) is 108 cm³/mol. The molecule has 2 aromatic rings. The molecule has 0 aliphatic heterocycles. The van der Waals surface area contributed by atoms with Gasteiger partial charge in [-0.15, -0.1) is 0 Å². The third-order valence-electron chi connectivity index (χ3n) is 4.06. The maximum atomic E-state index is 13.1. The molecule has 0 bridgehead atoms. The first-order valence-electron chi connectivity index (χ1n) is 8.52. The van der Waals surface area contributed by atoms with Crippen LogP contribution in [0.1, 0.15) is 25.8 Å². The summed E-state index contributed by atoms with van der Waals surface area (Å²) >= 11 is 12.0. The number of carbonyl (C=O) groups is 1. The minimum absolute atomic E-state index is 0.00203. The number of halogens is 2. The normalized spacial score (nSPS) is 12.8. The molecule has 2 aromatic carbocycles. The SMILES string of the molecule is CC[C@@H](C)NC(=O)CN(Cc1ccc(Cl)c(Cl)c1)S(=O)(=O)c1ccccc1. The van der Waals surface area contributed by atoms with E-state index in [0.717, 1.165) is 10.7 Å². The molecule has 8 heteroatoms. The van der Waals surface area contributed by atoms with Gasteiger partial charge >= 0.3 is 0 Å². The number of hydrogen-bond acceptors (Lipinski definition) is 3. The number of rotatable bonds is 8. The van der Waals surface area contributed by atoms with Crippen LogP contribution in [0.3, 0.4) is 0 Å². The second kappa shape index (κ2) is 9.55. The van der Waals surface area contributed by atoms with Gasteiger partial charge in [0.2, 0.25) is 15.9 Å². The number of sulfonamides is 1. The Kier molecular flexibility index (Phi) is 7.68. The van der Waals surface area contributed by atoms with E-state index in [-0.39, 0.29) is 29.9 Å². The average molecular weight is 429 g/mol. The number of benzene rings is 2. The van der Waals surface area contributed by atoms with Gasteiger partial charge in [-0.25, -0.2) is 8.42 Å². The smallest absolute Gasteiger partial charge is 0.243 e. The van der Waals surface area contributed by atoms with Gasteiger partial charge in [-0.3, -0.25) is 4.79 Å². The van der Waals surface area contributed by atoms with E-state index in [9.17, 15) is 13.2 Å². The third-order valence-corrected chi connectivity index (χ3v) is 6.61. The van der Waals surface area contributed by atoms with Crippen LogP contribution in [0.2, 0.25) is 10.0 Å². The predicted octanol–water partition coefficient (Wildman–Crippen LogP) is 4.10. The molecule has 0 heterocycles. The van der Waals surface area contributed by atoms with Crippen LogP contribution in [-0.2, 0) is 21.4 Å². The zero-order valence-electron chi connectivity index (χ0n) is 15.2. The van der Waals surface area contributed by atoms with E-state index >= 15 is 0 Å². The Bertz CT molecular complexity index is 889. The fourth-order valence-corrected chi connectivity index (χ4v) is 4.12. The first-order chi connectivity index (χ1) is 12.7. The zero-order valence-corrected chi connectivity index (χ0v) is 17.5. The molecular weight excluding hydrogens is 407 g/mol. The molecule has 0 unspecified atom stereocenters. The van der Waals surface area contributed by atoms with Crippen molar-refractivity contribution in [3.8, 4) is 0 Å². The van der Waals surface area contributed by atoms with Gasteiger partial charge in [0, 0.05) is 12.6 Å². The lowest BCUT2D eigenvalue weighted by Gasteiger charge is -2.23. The van der Waals surface area contributed by atoms with Crippen molar-refractivity contribution in [3.05, 3.63) is 64.1 Å². The summed E-state index contributed by atoms with van der Waals surface area (Å²) in [6.45, 7) is 3.52. The highest BCUT2D eigenvalue weighted by molar-refractivity contribution is 7.89. The molecule has 1 N–H and O–H groups in total. The van der Waals surface area contributed by atoms with E-state index < -0.39 is 10.0 Å². The molecule has 27 heavy (non-hydrogen) atoms. The molecule has 0 fully saturated rings. The van der Waals surface area contributed by atoms with E-state index in [4.69, 9.17) is 23.2 Å². The molecule has 2 rings (SSSR count). The second-order valence-corrected chi connectivity index (χ2v) is 8.96. The molecule has 0 spiro atoms. The molecule has 0 radical (unpaired) electrons. The van der Waals surface area contributed by atoms with Crippen LogP contribution in [-0.4, -0.2) is 31.2 Å². The van der Waals surface area contributed by atoms with Crippen molar-refractivity contribution in [1.29, 1.82) is 0 Å². The third kappa shape index (κ3) is 5.94. The summed E-state index contributed by atoms with van der Waals surface area (Å²) in [5.74, 6) is -0.357. The van der Waals surface area contributed by atoms with E-state index in [2.05, 4.69) is 5.32 Å². The number of amides is 1. The van der Waals surface area contributed by atoms with E-state index in [0.29, 0.717) is 15.6 Å². The quantitative estimate of drug-likeness (QED) is 0.687. The summed E-state index contributed by atoms with van der Waals surface area (Å²) in [5.41, 5.74) is 0.639. The standard InChI is InChI=1S/C19H22Cl2N2O3S/c1-3-14(2)22-19(24)13-23(12-15-9-10-17(20)18(21)11-15)27(25,26)16-7-5-4-6-8-16/h4-11,14H,3,12-13H2,1-2H3,(H,22,24)/t14-/m1/s1. The van der Waals surface area contributed by atoms with Gasteiger partial charge in [0.1, 0.15) is 0 Å². The summed E-state index contributed by atoms with van der Waals surface area (Å²) in [4.78, 5) is 12.5. The summed E-state index contributed by atoms with van der Waals surface area (Å²) in [6, 6.07) is 12.9. The maximum absolute atomic E-state index is 13.1. The van der Waals surface area contributed by atoms with Crippen LogP contribution < -0.4 is 5.32 Å². The summed E-state index contributed by atoms with van der Waals surface area (Å²) in [6.07, 6.45) is 0.754. The number of nitrogens with zero attached hydrogens (tertiary/aromatic N) is 1. The number of hydrogen-bond donors (Lipinski definition) is 1. The first-order valence-corrected chi connectivity index (χ1v) is 10.7. The number of carbonyl (C=O) groups excluding carboxylic acids is 1. The molecular formula is C19H22Cl2N2O3S. The van der Waals surface area contributed by atoms with E-state index in [1.54, 1.807) is 36.4 Å². The molecule has 0 aliphatic carbocycles. The molecule has 0 saturated heterocycles. The summed E-state index contributed by atoms with van der Waals surface area (Å²) in [5, 5.41) is 3.51. The van der Waals surface area contributed by atoms with Crippen molar-refractivity contribution in [3.63, 3.8) is 0 Å². The Morgan fingerprint density at radius 1 is 1.11 bits per heavy atom. The molecule has 0 saturated carbocycles. The Balaban J connectivity index is 2.32. The van der Waals surface area contributed by atoms with Crippen LogP contribution in [0.4, 0.5) is 0 Å². The highest BCUT2D eigenvalue weighted by atomic mass is 35.5. The fraction of sp³-hybridized carbons (Fsp3) is 0.316. The molecule has 0 aromatic heterocycles. The van der Waals surface area contributed by atoms with Crippen LogP contribution in [0.15, 0.2) is 53.4 Å². The molecule has 5 nitrogen and oxygen atoms in total. The Hall–Kier alpha value is -1.60. The van der Waals surface area contributed by atoms with Crippen molar-refractivity contribution in [2.45, 2.75) is 37.8 Å². The van der Waals surface area contributed by atoms with Gasteiger partial charge in [-0.1, -0.05) is 54.4 Å². The Labute approximate surface area is 170 Å². The Morgan fingerprint density at radius 2 is 1.78 bits per heavy atom. The van der Waals surface area contributed by atoms with Gasteiger partial charge in [0.05, 0.1) is 21.5 Å². The first kappa shape index (κ1) is 21.7. The average Bonchev–Trinajstić information content (AvgIpc) is 2.64. The van der Waals surface area contributed by atoms with Gasteiger partial charge in [-0.05, 0) is 43.2 Å². The van der Waals surface area contributed by atoms with Crippen molar-refractivity contribution < 1.29 is 13.2 Å². The van der Waals surface area contributed by atoms with E-state index in [1.807, 2.05) is 13.8 Å². The zero-order chi connectivity index (χ0) is 20.0. The van der Waals surface area contributed by atoms with Crippen LogP contribution in [0.25, 0.3) is 0 Å². The molecule has 1 atom stereocenters. The molecule has 146 valence electrons. The van der Waals surface area contributed by atoms with Crippen LogP contribution in [0, 0.1) is 0 Å². The van der Waals surface area contributed by atoms with Gasteiger partial charge < -0.3 is 5.32 Å². The lowest BCUT2D eigenvalue weighted by atomic mass is 10.2. The van der Waals surface area contributed by atoms with Crippen LogP contribution in [0.5, 0.6) is 0 Å². The lowest BCUT2D eigenvalue weighted by molar-refractivity contribution is -0.122. The monoisotopic (exact) mass is 428 g/mol. The largest absolute Gasteiger partial charge is 0.353 e. The maximum Gasteiger partial charge on any atom is 0.243 e. The Morgan fingerprint density at radius 3 is 2.37 bits per heavy atom. The highest BCUT2D eigenvalue weighted by Gasteiger charge is 2.27. The van der Waals surface area contributed by atoms with Crippen molar-refractivity contribution in [2.75, 3.05) is 6.54 Å².